The molecule has 2 aromatic rings. The van der Waals surface area contributed by atoms with Gasteiger partial charge in [-0.2, -0.15) is 0 Å². The van der Waals surface area contributed by atoms with Gasteiger partial charge in [0.15, 0.2) is 5.69 Å². The number of nitrogens with zero attached hydrogens (tertiary/aromatic N) is 1. The standard InChI is InChI=1S/C14H12BrNO3/c1-18-14(17)12-8-7-11(15)13(16-12)19-9-10-5-3-2-4-6-10/h2-8H,9H2,1H3. The van der Waals surface area contributed by atoms with Crippen molar-refractivity contribution in [2.75, 3.05) is 7.11 Å². The predicted octanol–water partition coefficient (Wildman–Crippen LogP) is 3.21. The summed E-state index contributed by atoms with van der Waals surface area (Å²) in [6.45, 7) is 0.386. The van der Waals surface area contributed by atoms with Crippen LogP contribution in [0.15, 0.2) is 46.9 Å². The minimum atomic E-state index is -0.489. The fraction of sp³-hybridized carbons (Fsp3) is 0.143. The van der Waals surface area contributed by atoms with E-state index >= 15 is 0 Å². The monoisotopic (exact) mass is 321 g/mol. The highest BCUT2D eigenvalue weighted by Crippen LogP contribution is 2.23. The first-order chi connectivity index (χ1) is 9.20. The van der Waals surface area contributed by atoms with Crippen LogP contribution in [0.25, 0.3) is 0 Å². The summed E-state index contributed by atoms with van der Waals surface area (Å²) < 4.78 is 10.9. The fourth-order valence-corrected chi connectivity index (χ4v) is 1.80. The smallest absolute Gasteiger partial charge is 0.356 e. The molecule has 0 saturated heterocycles. The Morgan fingerprint density at radius 3 is 2.63 bits per heavy atom. The van der Waals surface area contributed by atoms with Crippen molar-refractivity contribution in [3.8, 4) is 5.88 Å². The second-order valence-electron chi connectivity index (χ2n) is 3.75. The number of esters is 1. The van der Waals surface area contributed by atoms with E-state index in [1.807, 2.05) is 30.3 Å². The van der Waals surface area contributed by atoms with Gasteiger partial charge in [-0.3, -0.25) is 0 Å². The Balaban J connectivity index is 2.13. The van der Waals surface area contributed by atoms with Crippen LogP contribution < -0.4 is 4.74 Å². The molecule has 0 atom stereocenters. The summed E-state index contributed by atoms with van der Waals surface area (Å²) >= 11 is 3.34. The second-order valence-corrected chi connectivity index (χ2v) is 4.60. The average Bonchev–Trinajstić information content (AvgIpc) is 2.46. The number of rotatable bonds is 4. The number of hydrogen-bond donors (Lipinski definition) is 0. The van der Waals surface area contributed by atoms with Crippen LogP contribution in [-0.4, -0.2) is 18.1 Å². The highest BCUT2D eigenvalue weighted by molar-refractivity contribution is 9.10. The minimum Gasteiger partial charge on any atom is -0.472 e. The second kappa shape index (κ2) is 6.33. The molecule has 5 heteroatoms. The molecule has 0 aliphatic carbocycles. The van der Waals surface area contributed by atoms with Crippen molar-refractivity contribution in [2.24, 2.45) is 0 Å². The van der Waals surface area contributed by atoms with E-state index in [9.17, 15) is 4.79 Å². The lowest BCUT2D eigenvalue weighted by Gasteiger charge is -2.08. The Hall–Kier alpha value is -1.88. The van der Waals surface area contributed by atoms with Crippen molar-refractivity contribution in [1.29, 1.82) is 0 Å². The number of halogens is 1. The lowest BCUT2D eigenvalue weighted by atomic mass is 10.2. The molecule has 0 fully saturated rings. The molecule has 19 heavy (non-hydrogen) atoms. The number of benzene rings is 1. The molecule has 1 aromatic heterocycles. The van der Waals surface area contributed by atoms with Crippen LogP contribution in [0, 0.1) is 0 Å². The molecule has 0 radical (unpaired) electrons. The number of aromatic nitrogens is 1. The summed E-state index contributed by atoms with van der Waals surface area (Å²) in [4.78, 5) is 15.5. The van der Waals surface area contributed by atoms with Crippen LogP contribution >= 0.6 is 15.9 Å². The predicted molar refractivity (Wildman–Crippen MR) is 74.1 cm³/mol. The fourth-order valence-electron chi connectivity index (χ4n) is 1.47. The molecule has 0 unspecified atom stereocenters. The molecular weight excluding hydrogens is 310 g/mol. The number of hydrogen-bond acceptors (Lipinski definition) is 4. The normalized spacial score (nSPS) is 10.0. The van der Waals surface area contributed by atoms with Crippen LogP contribution in [0.5, 0.6) is 5.88 Å². The van der Waals surface area contributed by atoms with Crippen LogP contribution in [0.3, 0.4) is 0 Å². The van der Waals surface area contributed by atoms with Crippen LogP contribution in [0.1, 0.15) is 16.1 Å². The van der Waals surface area contributed by atoms with Gasteiger partial charge < -0.3 is 9.47 Å². The third kappa shape index (κ3) is 3.54. The summed E-state index contributed by atoms with van der Waals surface area (Å²) in [5, 5.41) is 0. The van der Waals surface area contributed by atoms with Gasteiger partial charge in [0, 0.05) is 0 Å². The summed E-state index contributed by atoms with van der Waals surface area (Å²) in [6, 6.07) is 13.0. The van der Waals surface area contributed by atoms with Gasteiger partial charge in [0.25, 0.3) is 0 Å². The van der Waals surface area contributed by atoms with E-state index in [0.29, 0.717) is 17.0 Å². The number of pyridine rings is 1. The molecule has 0 saturated carbocycles. The number of carbonyl (C=O) groups excluding carboxylic acids is 1. The van der Waals surface area contributed by atoms with Gasteiger partial charge in [-0.1, -0.05) is 30.3 Å². The summed E-state index contributed by atoms with van der Waals surface area (Å²) in [5.74, 6) is -0.121. The van der Waals surface area contributed by atoms with Crippen LogP contribution in [0.4, 0.5) is 0 Å². The van der Waals surface area contributed by atoms with Crippen molar-refractivity contribution in [2.45, 2.75) is 6.61 Å². The zero-order valence-corrected chi connectivity index (χ0v) is 11.9. The minimum absolute atomic E-state index is 0.216. The number of carbonyl (C=O) groups is 1. The molecule has 0 amide bonds. The third-order valence-electron chi connectivity index (χ3n) is 2.43. The van der Waals surface area contributed by atoms with Gasteiger partial charge in [0.2, 0.25) is 5.88 Å². The summed E-state index contributed by atoms with van der Waals surface area (Å²) in [6.07, 6.45) is 0. The lowest BCUT2D eigenvalue weighted by molar-refractivity contribution is 0.0592. The lowest BCUT2D eigenvalue weighted by Crippen LogP contribution is -2.06. The molecule has 4 nitrogen and oxygen atoms in total. The maximum atomic E-state index is 11.4. The first kappa shape index (κ1) is 13.5. The third-order valence-corrected chi connectivity index (χ3v) is 3.03. The summed E-state index contributed by atoms with van der Waals surface area (Å²) in [7, 11) is 1.32. The molecule has 0 N–H and O–H groups in total. The van der Waals surface area contributed by atoms with E-state index in [1.54, 1.807) is 12.1 Å². The SMILES string of the molecule is COC(=O)c1ccc(Br)c(OCc2ccccc2)n1. The van der Waals surface area contributed by atoms with Gasteiger partial charge in [-0.25, -0.2) is 9.78 Å². The quantitative estimate of drug-likeness (QED) is 0.811. The molecule has 2 rings (SSSR count). The van der Waals surface area contributed by atoms with Crippen molar-refractivity contribution in [3.05, 3.63) is 58.2 Å². The topological polar surface area (TPSA) is 48.4 Å². The molecule has 1 heterocycles. The molecule has 0 aliphatic rings. The Bertz CT molecular complexity index is 572. The largest absolute Gasteiger partial charge is 0.472 e. The Labute approximate surface area is 119 Å². The van der Waals surface area contributed by atoms with E-state index < -0.39 is 5.97 Å². The molecule has 1 aromatic carbocycles. The van der Waals surface area contributed by atoms with Crippen molar-refractivity contribution in [3.63, 3.8) is 0 Å². The molecule has 0 spiro atoms. The molecule has 0 aliphatic heterocycles. The van der Waals surface area contributed by atoms with Gasteiger partial charge >= 0.3 is 5.97 Å². The maximum absolute atomic E-state index is 11.4. The zero-order valence-electron chi connectivity index (χ0n) is 10.3. The van der Waals surface area contributed by atoms with E-state index in [-0.39, 0.29) is 5.69 Å². The van der Waals surface area contributed by atoms with Gasteiger partial charge in [-0.05, 0) is 33.6 Å². The van der Waals surface area contributed by atoms with Crippen molar-refractivity contribution < 1.29 is 14.3 Å². The Morgan fingerprint density at radius 1 is 1.21 bits per heavy atom. The first-order valence-corrected chi connectivity index (χ1v) is 6.41. The zero-order chi connectivity index (χ0) is 13.7. The van der Waals surface area contributed by atoms with Crippen LogP contribution in [0.2, 0.25) is 0 Å². The summed E-state index contributed by atoms with van der Waals surface area (Å²) in [5.41, 5.74) is 1.24. The first-order valence-electron chi connectivity index (χ1n) is 5.62. The average molecular weight is 322 g/mol. The van der Waals surface area contributed by atoms with Gasteiger partial charge in [-0.15, -0.1) is 0 Å². The van der Waals surface area contributed by atoms with E-state index in [4.69, 9.17) is 4.74 Å². The van der Waals surface area contributed by atoms with Crippen molar-refractivity contribution >= 4 is 21.9 Å². The number of methoxy groups -OCH3 is 1. The molecule has 0 bridgehead atoms. The van der Waals surface area contributed by atoms with Crippen molar-refractivity contribution in [1.82, 2.24) is 4.98 Å². The van der Waals surface area contributed by atoms with Gasteiger partial charge in [0.1, 0.15) is 6.61 Å². The Kier molecular flexibility index (Phi) is 4.52. The highest BCUT2D eigenvalue weighted by atomic mass is 79.9. The van der Waals surface area contributed by atoms with Gasteiger partial charge in [0.05, 0.1) is 11.6 Å². The molecule has 98 valence electrons. The van der Waals surface area contributed by atoms with E-state index in [2.05, 4.69) is 25.7 Å². The van der Waals surface area contributed by atoms with Crippen LogP contribution in [-0.2, 0) is 11.3 Å². The Morgan fingerprint density at radius 2 is 1.95 bits per heavy atom. The highest BCUT2D eigenvalue weighted by Gasteiger charge is 2.11. The number of ether oxygens (including phenoxy) is 2. The van der Waals surface area contributed by atoms with E-state index in [1.165, 1.54) is 7.11 Å². The molecular formula is C14H12BrNO3. The van der Waals surface area contributed by atoms with E-state index in [0.717, 1.165) is 5.56 Å². The maximum Gasteiger partial charge on any atom is 0.356 e.